The molecule has 2 aromatic carbocycles. The Hall–Kier alpha value is -1.65. The Kier molecular flexibility index (Phi) is 7.29. The van der Waals surface area contributed by atoms with Gasteiger partial charge in [0.15, 0.2) is 0 Å². The highest BCUT2D eigenvalue weighted by molar-refractivity contribution is 6.47. The van der Waals surface area contributed by atoms with Crippen LogP contribution in [0.15, 0.2) is 54.6 Å². The molecule has 0 amide bonds. The lowest BCUT2D eigenvalue weighted by Crippen LogP contribution is -2.38. The van der Waals surface area contributed by atoms with Crippen molar-refractivity contribution in [3.8, 4) is 0 Å². The first-order chi connectivity index (χ1) is 15.8. The van der Waals surface area contributed by atoms with Gasteiger partial charge in [-0.15, -0.1) is 0 Å². The molecule has 0 unspecified atom stereocenters. The molecule has 3 fully saturated rings. The van der Waals surface area contributed by atoms with Crippen LogP contribution in [0.5, 0.6) is 0 Å². The second-order valence-electron chi connectivity index (χ2n) is 10.2. The van der Waals surface area contributed by atoms with Gasteiger partial charge in [-0.1, -0.05) is 81.0 Å². The van der Waals surface area contributed by atoms with Gasteiger partial charge in [-0.25, -0.2) is 4.39 Å². The van der Waals surface area contributed by atoms with E-state index in [0.717, 1.165) is 12.0 Å². The molecule has 4 heteroatoms. The monoisotopic (exact) mass is 434 g/mol. The molecule has 3 atom stereocenters. The minimum Gasteiger partial charge on any atom is -0.405 e. The van der Waals surface area contributed by atoms with Crippen molar-refractivity contribution in [2.75, 3.05) is 0 Å². The van der Waals surface area contributed by atoms with E-state index in [2.05, 4.69) is 30.3 Å². The van der Waals surface area contributed by atoms with E-state index < -0.39 is 0 Å². The summed E-state index contributed by atoms with van der Waals surface area (Å²) in [5, 5.41) is 0. The highest BCUT2D eigenvalue weighted by Crippen LogP contribution is 2.43. The molecular formula is C28H36BFO2. The summed E-state index contributed by atoms with van der Waals surface area (Å²) in [4.78, 5) is 0. The lowest BCUT2D eigenvalue weighted by Gasteiger charge is -2.35. The van der Waals surface area contributed by atoms with Gasteiger partial charge in [0.05, 0.1) is 12.2 Å². The highest BCUT2D eigenvalue weighted by atomic mass is 19.1. The van der Waals surface area contributed by atoms with Crippen LogP contribution in [-0.4, -0.2) is 19.3 Å². The first kappa shape index (κ1) is 22.2. The highest BCUT2D eigenvalue weighted by Gasteiger charge is 2.50. The van der Waals surface area contributed by atoms with Crippen molar-refractivity contribution in [1.29, 1.82) is 0 Å². The van der Waals surface area contributed by atoms with Crippen molar-refractivity contribution in [2.24, 2.45) is 11.8 Å². The topological polar surface area (TPSA) is 18.5 Å². The van der Waals surface area contributed by atoms with E-state index in [0.29, 0.717) is 11.8 Å². The molecule has 0 bridgehead atoms. The molecule has 1 saturated heterocycles. The second kappa shape index (κ2) is 10.5. The third-order valence-electron chi connectivity index (χ3n) is 8.06. The van der Waals surface area contributed by atoms with Crippen molar-refractivity contribution in [1.82, 2.24) is 0 Å². The molecule has 0 aromatic heterocycles. The van der Waals surface area contributed by atoms with Crippen LogP contribution in [0.25, 0.3) is 0 Å². The number of rotatable bonds is 6. The summed E-state index contributed by atoms with van der Waals surface area (Å²) in [6, 6.07) is 17.5. The van der Waals surface area contributed by atoms with Gasteiger partial charge < -0.3 is 9.31 Å². The summed E-state index contributed by atoms with van der Waals surface area (Å²) in [6.45, 7) is 0. The SMILES string of the molecule is Fc1ccc([C@@H](Cc2ccccc2)B2O[C@H](C3CCCCC3)[C@@H](C3CCCCC3)O2)cc1. The molecule has 2 aliphatic carbocycles. The predicted octanol–water partition coefficient (Wildman–Crippen LogP) is 7.12. The van der Waals surface area contributed by atoms with Crippen molar-refractivity contribution < 1.29 is 13.7 Å². The number of hydrogen-bond acceptors (Lipinski definition) is 2. The smallest absolute Gasteiger partial charge is 0.405 e. The molecule has 2 saturated carbocycles. The first-order valence-corrected chi connectivity index (χ1v) is 12.9. The zero-order valence-corrected chi connectivity index (χ0v) is 19.1. The van der Waals surface area contributed by atoms with Crippen LogP contribution >= 0.6 is 0 Å². The van der Waals surface area contributed by atoms with E-state index in [9.17, 15) is 4.39 Å². The molecule has 170 valence electrons. The molecule has 0 spiro atoms. The quantitative estimate of drug-likeness (QED) is 0.451. The zero-order valence-electron chi connectivity index (χ0n) is 19.1. The Balaban J connectivity index is 1.42. The molecule has 5 rings (SSSR count). The lowest BCUT2D eigenvalue weighted by molar-refractivity contribution is 0.0324. The van der Waals surface area contributed by atoms with Crippen LogP contribution in [-0.2, 0) is 15.7 Å². The van der Waals surface area contributed by atoms with E-state index in [1.165, 1.54) is 69.8 Å². The van der Waals surface area contributed by atoms with Crippen molar-refractivity contribution in [3.63, 3.8) is 0 Å². The maximum atomic E-state index is 13.7. The average Bonchev–Trinajstić information content (AvgIpc) is 3.30. The maximum absolute atomic E-state index is 13.7. The third kappa shape index (κ3) is 5.12. The number of benzene rings is 2. The summed E-state index contributed by atoms with van der Waals surface area (Å²) in [6.07, 6.45) is 14.3. The van der Waals surface area contributed by atoms with Crippen LogP contribution in [0.4, 0.5) is 4.39 Å². The Labute approximate surface area is 193 Å². The maximum Gasteiger partial charge on any atom is 0.465 e. The van der Waals surface area contributed by atoms with Gasteiger partial charge in [0.1, 0.15) is 5.82 Å². The molecule has 0 N–H and O–H groups in total. The van der Waals surface area contributed by atoms with Crippen LogP contribution in [0.1, 0.15) is 81.2 Å². The average molecular weight is 434 g/mol. The summed E-state index contributed by atoms with van der Waals surface area (Å²) in [7, 11) is -0.264. The van der Waals surface area contributed by atoms with Crippen molar-refractivity contribution in [3.05, 3.63) is 71.5 Å². The molecule has 1 heterocycles. The van der Waals surface area contributed by atoms with Gasteiger partial charge in [0, 0.05) is 5.82 Å². The van der Waals surface area contributed by atoms with Gasteiger partial charge in [0.2, 0.25) is 0 Å². The summed E-state index contributed by atoms with van der Waals surface area (Å²) >= 11 is 0. The predicted molar refractivity (Wildman–Crippen MR) is 128 cm³/mol. The minimum atomic E-state index is -0.264. The third-order valence-corrected chi connectivity index (χ3v) is 8.06. The fraction of sp³-hybridized carbons (Fsp3) is 0.571. The standard InChI is InChI=1S/C28H36BFO2/c30-25-18-16-22(17-19-25)26(20-21-10-4-1-5-11-21)29-31-27(23-12-6-2-7-13-23)28(32-29)24-14-8-3-9-15-24/h1,4-5,10-11,16-19,23-24,26-28H,2-3,6-9,12-15,20H2/t26-,27-,28-/m1/s1. The molecule has 2 aromatic rings. The molecular weight excluding hydrogens is 398 g/mol. The largest absolute Gasteiger partial charge is 0.465 e. The summed E-state index contributed by atoms with van der Waals surface area (Å²) in [5.74, 6) is 1.11. The Morgan fingerprint density at radius 2 is 1.25 bits per heavy atom. The zero-order chi connectivity index (χ0) is 21.8. The molecule has 32 heavy (non-hydrogen) atoms. The Morgan fingerprint density at radius 3 is 1.78 bits per heavy atom. The van der Waals surface area contributed by atoms with Crippen LogP contribution in [0.3, 0.4) is 0 Å². The van der Waals surface area contributed by atoms with Gasteiger partial charge in [-0.05, 0) is 67.2 Å². The van der Waals surface area contributed by atoms with Crippen molar-refractivity contribution >= 4 is 7.12 Å². The Morgan fingerprint density at radius 1 is 0.719 bits per heavy atom. The lowest BCUT2D eigenvalue weighted by atomic mass is 9.65. The van der Waals surface area contributed by atoms with Gasteiger partial charge >= 0.3 is 7.12 Å². The van der Waals surface area contributed by atoms with Crippen molar-refractivity contribution in [2.45, 2.75) is 88.7 Å². The second-order valence-corrected chi connectivity index (χ2v) is 10.2. The van der Waals surface area contributed by atoms with E-state index >= 15 is 0 Å². The van der Waals surface area contributed by atoms with Crippen LogP contribution < -0.4 is 0 Å². The number of halogens is 1. The van der Waals surface area contributed by atoms with Gasteiger partial charge in [0.25, 0.3) is 0 Å². The first-order valence-electron chi connectivity index (χ1n) is 12.9. The summed E-state index contributed by atoms with van der Waals surface area (Å²) in [5.41, 5.74) is 2.37. The van der Waals surface area contributed by atoms with Gasteiger partial charge in [-0.3, -0.25) is 0 Å². The number of hydrogen-bond donors (Lipinski definition) is 0. The molecule has 2 nitrogen and oxygen atoms in total. The Bertz CT molecular complexity index is 804. The molecule has 1 aliphatic heterocycles. The van der Waals surface area contributed by atoms with E-state index in [1.54, 1.807) is 12.1 Å². The molecule has 0 radical (unpaired) electrons. The fourth-order valence-electron chi connectivity index (χ4n) is 6.32. The van der Waals surface area contributed by atoms with Crippen LogP contribution in [0, 0.1) is 17.7 Å². The van der Waals surface area contributed by atoms with E-state index in [4.69, 9.17) is 9.31 Å². The van der Waals surface area contributed by atoms with E-state index in [-0.39, 0.29) is 31.0 Å². The minimum absolute atomic E-state index is 0.0673. The normalized spacial score (nSPS) is 26.3. The molecule has 3 aliphatic rings. The fourth-order valence-corrected chi connectivity index (χ4v) is 6.32. The van der Waals surface area contributed by atoms with E-state index in [1.807, 2.05) is 12.1 Å². The summed E-state index contributed by atoms with van der Waals surface area (Å²) < 4.78 is 27.4. The van der Waals surface area contributed by atoms with Gasteiger partial charge in [-0.2, -0.15) is 0 Å². The van der Waals surface area contributed by atoms with Crippen LogP contribution in [0.2, 0.25) is 0 Å².